The van der Waals surface area contributed by atoms with Crippen LogP contribution in [-0.2, 0) is 19.1 Å². The zero-order valence-corrected chi connectivity index (χ0v) is 12.6. The van der Waals surface area contributed by atoms with Gasteiger partial charge in [0.1, 0.15) is 0 Å². The van der Waals surface area contributed by atoms with Gasteiger partial charge in [-0.25, -0.2) is 4.79 Å². The molecule has 0 aliphatic rings. The minimum absolute atomic E-state index is 0.380. The molecule has 0 aromatic heterocycles. The molecule has 0 radical (unpaired) electrons. The maximum absolute atomic E-state index is 11.2. The number of aliphatic carboxylic acids is 1. The summed E-state index contributed by atoms with van der Waals surface area (Å²) in [6.07, 6.45) is 2.78. The molecule has 124 valence electrons. The van der Waals surface area contributed by atoms with Gasteiger partial charge in [-0.05, 0) is 19.3 Å². The molecule has 21 heavy (non-hydrogen) atoms. The van der Waals surface area contributed by atoms with E-state index in [2.05, 4.69) is 0 Å². The Kier molecular flexibility index (Phi) is 9.89. The number of carbonyl (C=O) groups excluding carboxylic acids is 1. The van der Waals surface area contributed by atoms with Gasteiger partial charge in [-0.1, -0.05) is 26.7 Å². The first-order chi connectivity index (χ1) is 9.89. The van der Waals surface area contributed by atoms with Crippen molar-refractivity contribution < 1.29 is 29.3 Å². The molecule has 0 saturated heterocycles. The van der Waals surface area contributed by atoms with Crippen LogP contribution >= 0.6 is 0 Å². The van der Waals surface area contributed by atoms with Crippen LogP contribution in [0.15, 0.2) is 0 Å². The second kappa shape index (κ2) is 10.5. The summed E-state index contributed by atoms with van der Waals surface area (Å²) < 4.78 is 10.5. The van der Waals surface area contributed by atoms with E-state index in [9.17, 15) is 14.7 Å². The van der Waals surface area contributed by atoms with Gasteiger partial charge in [0.05, 0.1) is 6.54 Å². The molecule has 0 heterocycles. The van der Waals surface area contributed by atoms with Crippen molar-refractivity contribution in [1.82, 2.24) is 5.32 Å². The average Bonchev–Trinajstić information content (AvgIpc) is 2.44. The first kappa shape index (κ1) is 19.8. The predicted octanol–water partition coefficient (Wildman–Crippen LogP) is 0.142. The molecule has 8 nitrogen and oxygen atoms in total. The van der Waals surface area contributed by atoms with Gasteiger partial charge in [0.2, 0.25) is 5.91 Å². The number of carboxylic acids is 1. The molecule has 2 unspecified atom stereocenters. The highest BCUT2D eigenvalue weighted by Crippen LogP contribution is 2.15. The van der Waals surface area contributed by atoms with Gasteiger partial charge in [0, 0.05) is 6.61 Å². The first-order valence-corrected chi connectivity index (χ1v) is 7.15. The van der Waals surface area contributed by atoms with Crippen molar-refractivity contribution in [1.29, 1.82) is 0 Å². The molecule has 0 aliphatic heterocycles. The van der Waals surface area contributed by atoms with Crippen molar-refractivity contribution >= 4 is 11.9 Å². The Balaban J connectivity index is 4.76. The van der Waals surface area contributed by atoms with E-state index in [1.165, 1.54) is 0 Å². The number of rotatable bonds is 12. The summed E-state index contributed by atoms with van der Waals surface area (Å²) in [7, 11) is 0. The molecular weight excluding hydrogens is 280 g/mol. The number of carbonyl (C=O) groups is 2. The molecule has 0 saturated carbocycles. The van der Waals surface area contributed by atoms with Crippen LogP contribution in [0.1, 0.15) is 46.0 Å². The fraction of sp³-hybridized carbons (Fsp3) is 0.846. The minimum Gasteiger partial charge on any atom is -0.476 e. The average molecular weight is 306 g/mol. The molecule has 0 aliphatic carbocycles. The zero-order valence-electron chi connectivity index (χ0n) is 12.6. The van der Waals surface area contributed by atoms with Gasteiger partial charge in [-0.15, -0.1) is 0 Å². The van der Waals surface area contributed by atoms with Gasteiger partial charge in [0.15, 0.2) is 6.29 Å². The van der Waals surface area contributed by atoms with E-state index < -0.39 is 30.6 Å². The number of unbranched alkanes of at least 4 members (excludes halogenated alkanes) is 2. The van der Waals surface area contributed by atoms with Gasteiger partial charge >= 0.3 is 11.9 Å². The van der Waals surface area contributed by atoms with Crippen LogP contribution in [0.25, 0.3) is 0 Å². The maximum atomic E-state index is 11.2. The highest BCUT2D eigenvalue weighted by Gasteiger charge is 2.42. The Morgan fingerprint density at radius 2 is 1.90 bits per heavy atom. The third kappa shape index (κ3) is 7.96. The van der Waals surface area contributed by atoms with Crippen molar-refractivity contribution in [3.8, 4) is 0 Å². The fourth-order valence-electron chi connectivity index (χ4n) is 1.47. The second-order valence-electron chi connectivity index (χ2n) is 4.62. The van der Waals surface area contributed by atoms with Crippen molar-refractivity contribution in [3.05, 3.63) is 0 Å². The van der Waals surface area contributed by atoms with Crippen LogP contribution in [0, 0.1) is 0 Å². The predicted molar refractivity (Wildman–Crippen MR) is 75.0 cm³/mol. The number of nitrogens with two attached hydrogens (primary N) is 1. The van der Waals surface area contributed by atoms with E-state index in [4.69, 9.17) is 20.3 Å². The van der Waals surface area contributed by atoms with Crippen molar-refractivity contribution in [2.45, 2.75) is 58.2 Å². The highest BCUT2D eigenvalue weighted by molar-refractivity contribution is 5.85. The fourth-order valence-corrected chi connectivity index (χ4v) is 1.47. The molecule has 2 atom stereocenters. The largest absolute Gasteiger partial charge is 0.476 e. The molecular formula is C13H26N2O6. The molecule has 1 amide bonds. The van der Waals surface area contributed by atoms with Gasteiger partial charge < -0.3 is 20.7 Å². The molecule has 0 aromatic rings. The normalized spacial score (nSPS) is 15.2. The van der Waals surface area contributed by atoms with Gasteiger partial charge in [-0.3, -0.25) is 14.8 Å². The lowest BCUT2D eigenvalue weighted by atomic mass is 10.2. The van der Waals surface area contributed by atoms with Crippen LogP contribution in [0.2, 0.25) is 0 Å². The Hall–Kier alpha value is -1.22. The highest BCUT2D eigenvalue weighted by atomic mass is 16.8. The third-order valence-corrected chi connectivity index (χ3v) is 2.68. The van der Waals surface area contributed by atoms with Crippen LogP contribution < -0.4 is 11.1 Å². The zero-order chi connectivity index (χ0) is 16.3. The van der Waals surface area contributed by atoms with E-state index in [1.54, 1.807) is 0 Å². The number of amides is 1. The Morgan fingerprint density at radius 1 is 1.29 bits per heavy atom. The topological polar surface area (TPSA) is 131 Å². The first-order valence-electron chi connectivity index (χ1n) is 7.15. The molecule has 5 N–H and O–H groups in total. The van der Waals surface area contributed by atoms with Crippen molar-refractivity contribution in [3.63, 3.8) is 0 Å². The molecule has 0 spiro atoms. The van der Waals surface area contributed by atoms with Crippen LogP contribution in [0.5, 0.6) is 0 Å². The van der Waals surface area contributed by atoms with Crippen LogP contribution in [-0.4, -0.2) is 47.4 Å². The number of nitrogens with one attached hydrogen (secondary N) is 1. The van der Waals surface area contributed by atoms with E-state index in [0.717, 1.165) is 25.7 Å². The quantitative estimate of drug-likeness (QED) is 0.298. The van der Waals surface area contributed by atoms with Crippen molar-refractivity contribution in [2.24, 2.45) is 5.73 Å². The van der Waals surface area contributed by atoms with E-state index >= 15 is 0 Å². The summed E-state index contributed by atoms with van der Waals surface area (Å²) in [4.78, 5) is 22.3. The summed E-state index contributed by atoms with van der Waals surface area (Å²) in [5.41, 5.74) is 5.09. The van der Waals surface area contributed by atoms with Crippen molar-refractivity contribution in [2.75, 3.05) is 13.2 Å². The Morgan fingerprint density at radius 3 is 2.38 bits per heavy atom. The maximum Gasteiger partial charge on any atom is 0.388 e. The number of hydrogen-bond acceptors (Lipinski definition) is 6. The molecule has 0 bridgehead atoms. The number of hydrogen-bond donors (Lipinski definition) is 4. The number of aliphatic hydroxyl groups is 1. The van der Waals surface area contributed by atoms with Gasteiger partial charge in [0.25, 0.3) is 0 Å². The Bertz CT molecular complexity index is 326. The standard InChI is InChI=1S/C13H26N2O6/c1-3-5-7-11(20-8-6-4-2)21-13(19,12(17)18)15-10(16)9-14/h11,19H,3-9,14H2,1-2H3,(H,15,16)(H,17,18). The SMILES string of the molecule is CCCCOC(CCCC)OC(O)(NC(=O)CN)C(=O)O. The number of ether oxygens (including phenoxy) is 2. The molecule has 8 heteroatoms. The lowest BCUT2D eigenvalue weighted by Gasteiger charge is -2.29. The summed E-state index contributed by atoms with van der Waals surface area (Å²) in [5.74, 6) is -5.42. The van der Waals surface area contributed by atoms with E-state index in [0.29, 0.717) is 13.0 Å². The molecule has 0 aromatic carbocycles. The summed E-state index contributed by atoms with van der Waals surface area (Å²) in [6.45, 7) is 3.86. The summed E-state index contributed by atoms with van der Waals surface area (Å²) in [6, 6.07) is 0. The lowest BCUT2D eigenvalue weighted by molar-refractivity contribution is -0.297. The van der Waals surface area contributed by atoms with E-state index in [1.807, 2.05) is 19.2 Å². The minimum atomic E-state index is -2.85. The van der Waals surface area contributed by atoms with Gasteiger partial charge in [-0.2, -0.15) is 0 Å². The van der Waals surface area contributed by atoms with Crippen LogP contribution in [0.4, 0.5) is 0 Å². The summed E-state index contributed by atoms with van der Waals surface area (Å²) >= 11 is 0. The monoisotopic (exact) mass is 306 g/mol. The van der Waals surface area contributed by atoms with Crippen LogP contribution in [0.3, 0.4) is 0 Å². The number of carboxylic acid groups (broad SMARTS) is 1. The lowest BCUT2D eigenvalue weighted by Crippen LogP contribution is -2.59. The smallest absolute Gasteiger partial charge is 0.388 e. The Labute approximate surface area is 124 Å². The molecule has 0 fully saturated rings. The third-order valence-electron chi connectivity index (χ3n) is 2.68. The summed E-state index contributed by atoms with van der Waals surface area (Å²) in [5, 5.41) is 20.8. The molecule has 0 rings (SSSR count). The van der Waals surface area contributed by atoms with E-state index in [-0.39, 0.29) is 0 Å². The second-order valence-corrected chi connectivity index (χ2v) is 4.62.